The summed E-state index contributed by atoms with van der Waals surface area (Å²) in [7, 11) is 0. The molecule has 0 spiro atoms. The minimum absolute atomic E-state index is 0.130. The van der Waals surface area contributed by atoms with Gasteiger partial charge in [0.2, 0.25) is 0 Å². The predicted molar refractivity (Wildman–Crippen MR) is 95.2 cm³/mol. The van der Waals surface area contributed by atoms with E-state index in [1.807, 2.05) is 18.2 Å². The second-order valence-electron chi connectivity index (χ2n) is 5.85. The summed E-state index contributed by atoms with van der Waals surface area (Å²) in [5.41, 5.74) is 7.70. The van der Waals surface area contributed by atoms with Crippen molar-refractivity contribution in [1.29, 1.82) is 0 Å². The molecule has 0 bridgehead atoms. The Kier molecular flexibility index (Phi) is 3.60. The molecule has 3 aromatic rings. The van der Waals surface area contributed by atoms with Gasteiger partial charge in [0.05, 0.1) is 6.61 Å². The summed E-state index contributed by atoms with van der Waals surface area (Å²) in [4.78, 5) is 2.21. The minimum atomic E-state index is 0.130. The van der Waals surface area contributed by atoms with Crippen molar-refractivity contribution < 1.29 is 5.11 Å². The second-order valence-corrected chi connectivity index (χ2v) is 5.85. The van der Waals surface area contributed by atoms with Crippen molar-refractivity contribution in [3.63, 3.8) is 0 Å². The highest BCUT2D eigenvalue weighted by molar-refractivity contribution is 5.84. The van der Waals surface area contributed by atoms with E-state index in [-0.39, 0.29) is 6.61 Å². The largest absolute Gasteiger partial charge is 0.395 e. The van der Waals surface area contributed by atoms with E-state index >= 15 is 0 Å². The van der Waals surface area contributed by atoms with Crippen LogP contribution in [0.4, 0.5) is 11.4 Å². The van der Waals surface area contributed by atoms with Crippen molar-refractivity contribution in [2.45, 2.75) is 6.42 Å². The van der Waals surface area contributed by atoms with Gasteiger partial charge in [0.15, 0.2) is 0 Å². The minimum Gasteiger partial charge on any atom is -0.395 e. The van der Waals surface area contributed by atoms with Crippen molar-refractivity contribution in [2.75, 3.05) is 18.1 Å². The SMILES string of the molecule is OCCN(c1ccccc1)c1cccc2c1Cc1ccccc1-2. The zero-order valence-corrected chi connectivity index (χ0v) is 12.9. The molecule has 0 radical (unpaired) electrons. The van der Waals surface area contributed by atoms with Crippen molar-refractivity contribution >= 4 is 11.4 Å². The lowest BCUT2D eigenvalue weighted by atomic mass is 10.0. The molecule has 4 rings (SSSR count). The lowest BCUT2D eigenvalue weighted by Gasteiger charge is -2.26. The monoisotopic (exact) mass is 301 g/mol. The van der Waals surface area contributed by atoms with Crippen LogP contribution >= 0.6 is 0 Å². The summed E-state index contributed by atoms with van der Waals surface area (Å²) in [6.45, 7) is 0.725. The Morgan fingerprint density at radius 1 is 0.783 bits per heavy atom. The van der Waals surface area contributed by atoms with Crippen LogP contribution < -0.4 is 4.90 Å². The Labute approximate surface area is 136 Å². The predicted octanol–water partition coefficient (Wildman–Crippen LogP) is 4.39. The van der Waals surface area contributed by atoms with Gasteiger partial charge in [-0.1, -0.05) is 54.6 Å². The Morgan fingerprint density at radius 3 is 2.35 bits per heavy atom. The van der Waals surface area contributed by atoms with E-state index in [2.05, 4.69) is 59.5 Å². The van der Waals surface area contributed by atoms with Gasteiger partial charge in [-0.15, -0.1) is 0 Å². The van der Waals surface area contributed by atoms with E-state index in [1.54, 1.807) is 0 Å². The molecular formula is C21H19NO. The molecule has 1 aliphatic carbocycles. The molecule has 0 aromatic heterocycles. The summed E-state index contributed by atoms with van der Waals surface area (Å²) < 4.78 is 0. The molecule has 3 aromatic carbocycles. The van der Waals surface area contributed by atoms with E-state index in [1.165, 1.54) is 27.9 Å². The molecule has 0 unspecified atom stereocenters. The van der Waals surface area contributed by atoms with Crippen molar-refractivity contribution in [3.05, 3.63) is 83.9 Å². The Bertz CT molecular complexity index is 826. The standard InChI is InChI=1S/C21H19NO/c23-14-13-22(17-8-2-1-3-9-17)21-12-6-11-19-18-10-5-4-7-16(18)15-20(19)21/h1-12,23H,13-15H2. The van der Waals surface area contributed by atoms with Gasteiger partial charge >= 0.3 is 0 Å². The number of para-hydroxylation sites is 1. The van der Waals surface area contributed by atoms with Gasteiger partial charge in [0.25, 0.3) is 0 Å². The van der Waals surface area contributed by atoms with Gasteiger partial charge in [-0.3, -0.25) is 0 Å². The van der Waals surface area contributed by atoms with Gasteiger partial charge in [-0.2, -0.15) is 0 Å². The molecule has 1 aliphatic rings. The highest BCUT2D eigenvalue weighted by Gasteiger charge is 2.23. The van der Waals surface area contributed by atoms with Crippen LogP contribution in [-0.2, 0) is 6.42 Å². The van der Waals surface area contributed by atoms with Crippen molar-refractivity contribution in [3.8, 4) is 11.1 Å². The van der Waals surface area contributed by atoms with Crippen LogP contribution in [0.5, 0.6) is 0 Å². The third kappa shape index (κ3) is 2.41. The maximum atomic E-state index is 9.54. The first kappa shape index (κ1) is 14.0. The number of hydrogen-bond acceptors (Lipinski definition) is 2. The van der Waals surface area contributed by atoms with E-state index < -0.39 is 0 Å². The number of hydrogen-bond donors (Lipinski definition) is 1. The first-order valence-corrected chi connectivity index (χ1v) is 8.02. The Morgan fingerprint density at radius 2 is 1.52 bits per heavy atom. The third-order valence-corrected chi connectivity index (χ3v) is 4.51. The van der Waals surface area contributed by atoms with Crippen LogP contribution in [0.2, 0.25) is 0 Å². The number of aliphatic hydroxyl groups is 1. The van der Waals surface area contributed by atoms with E-state index in [9.17, 15) is 5.11 Å². The molecule has 1 N–H and O–H groups in total. The van der Waals surface area contributed by atoms with E-state index in [0.717, 1.165) is 12.1 Å². The van der Waals surface area contributed by atoms with E-state index in [0.29, 0.717) is 6.54 Å². The molecule has 0 saturated carbocycles. The first-order chi connectivity index (χ1) is 11.4. The molecule has 0 aliphatic heterocycles. The molecule has 0 amide bonds. The summed E-state index contributed by atoms with van der Waals surface area (Å²) in [5.74, 6) is 0. The summed E-state index contributed by atoms with van der Waals surface area (Å²) >= 11 is 0. The highest BCUT2D eigenvalue weighted by atomic mass is 16.3. The fourth-order valence-electron chi connectivity index (χ4n) is 3.49. The smallest absolute Gasteiger partial charge is 0.0610 e. The molecule has 0 heterocycles. The van der Waals surface area contributed by atoms with Gasteiger partial charge in [-0.05, 0) is 40.5 Å². The lowest BCUT2D eigenvalue weighted by molar-refractivity contribution is 0.305. The fourth-order valence-corrected chi connectivity index (χ4v) is 3.49. The number of aliphatic hydroxyl groups excluding tert-OH is 1. The van der Waals surface area contributed by atoms with E-state index in [4.69, 9.17) is 0 Å². The molecule has 0 fully saturated rings. The highest BCUT2D eigenvalue weighted by Crippen LogP contribution is 2.42. The molecule has 2 nitrogen and oxygen atoms in total. The zero-order chi connectivity index (χ0) is 15.6. The van der Waals surface area contributed by atoms with Crippen LogP contribution in [0.25, 0.3) is 11.1 Å². The van der Waals surface area contributed by atoms with Crippen LogP contribution in [0.3, 0.4) is 0 Å². The normalized spacial score (nSPS) is 11.9. The average molecular weight is 301 g/mol. The topological polar surface area (TPSA) is 23.5 Å². The van der Waals surface area contributed by atoms with Crippen LogP contribution in [0.15, 0.2) is 72.8 Å². The van der Waals surface area contributed by atoms with Gasteiger partial charge in [0, 0.05) is 24.3 Å². The molecule has 0 saturated heterocycles. The van der Waals surface area contributed by atoms with Gasteiger partial charge < -0.3 is 10.0 Å². The van der Waals surface area contributed by atoms with Crippen molar-refractivity contribution in [1.82, 2.24) is 0 Å². The molecule has 0 atom stereocenters. The number of nitrogens with zero attached hydrogens (tertiary/aromatic N) is 1. The molecule has 114 valence electrons. The molecule has 2 heteroatoms. The maximum absolute atomic E-state index is 9.54. The number of benzene rings is 3. The first-order valence-electron chi connectivity index (χ1n) is 8.02. The molecule has 23 heavy (non-hydrogen) atoms. The lowest BCUT2D eigenvalue weighted by Crippen LogP contribution is -2.22. The zero-order valence-electron chi connectivity index (χ0n) is 12.9. The quantitative estimate of drug-likeness (QED) is 0.604. The number of fused-ring (bicyclic) bond motifs is 3. The van der Waals surface area contributed by atoms with Gasteiger partial charge in [-0.25, -0.2) is 0 Å². The third-order valence-electron chi connectivity index (χ3n) is 4.51. The van der Waals surface area contributed by atoms with Gasteiger partial charge in [0.1, 0.15) is 0 Å². The Hall–Kier alpha value is -2.58. The van der Waals surface area contributed by atoms with Crippen LogP contribution in [0, 0.1) is 0 Å². The number of anilines is 2. The fraction of sp³-hybridized carbons (Fsp3) is 0.143. The maximum Gasteiger partial charge on any atom is 0.0610 e. The Balaban J connectivity index is 1.84. The van der Waals surface area contributed by atoms with Crippen molar-refractivity contribution in [2.24, 2.45) is 0 Å². The van der Waals surface area contributed by atoms with Crippen LogP contribution in [-0.4, -0.2) is 18.3 Å². The summed E-state index contributed by atoms with van der Waals surface area (Å²) in [6.07, 6.45) is 0.955. The summed E-state index contributed by atoms with van der Waals surface area (Å²) in [6, 6.07) is 25.4. The van der Waals surface area contributed by atoms with Crippen LogP contribution in [0.1, 0.15) is 11.1 Å². The number of rotatable bonds is 4. The summed E-state index contributed by atoms with van der Waals surface area (Å²) in [5, 5.41) is 9.54. The second kappa shape index (κ2) is 5.90. The average Bonchev–Trinajstić information content (AvgIpc) is 2.99. The molecular weight excluding hydrogens is 282 g/mol.